The van der Waals surface area contributed by atoms with Gasteiger partial charge in [-0.3, -0.25) is 0 Å². The van der Waals surface area contributed by atoms with Gasteiger partial charge in [0.15, 0.2) is 0 Å². The maximum Gasteiger partial charge on any atom is -0.0298 e. The standard InChI is InChI=1S/C29H60/c1-13-18-29(12,23(6)7)21-28(11,20-26(10)24(8)14-2)19-16-17-27(22(4)5)25(9)15-3/h22-27H,13-21H2,1-12H3. The van der Waals surface area contributed by atoms with Crippen molar-refractivity contribution in [3.63, 3.8) is 0 Å². The highest BCUT2D eigenvalue weighted by Gasteiger charge is 2.38. The summed E-state index contributed by atoms with van der Waals surface area (Å²) in [6.07, 6.45) is 12.4. The zero-order chi connectivity index (χ0) is 22.8. The third kappa shape index (κ3) is 9.78. The van der Waals surface area contributed by atoms with Crippen LogP contribution in [0.25, 0.3) is 0 Å². The summed E-state index contributed by atoms with van der Waals surface area (Å²) in [5.41, 5.74) is 0.959. The van der Waals surface area contributed by atoms with E-state index in [2.05, 4.69) is 83.1 Å². The van der Waals surface area contributed by atoms with Crippen molar-refractivity contribution < 1.29 is 0 Å². The Hall–Kier alpha value is 0. The van der Waals surface area contributed by atoms with Crippen LogP contribution in [-0.2, 0) is 0 Å². The zero-order valence-corrected chi connectivity index (χ0v) is 22.8. The van der Waals surface area contributed by atoms with Gasteiger partial charge < -0.3 is 0 Å². The molecule has 6 atom stereocenters. The molecule has 0 heteroatoms. The fourth-order valence-electron chi connectivity index (χ4n) is 6.11. The lowest BCUT2D eigenvalue weighted by Gasteiger charge is -2.44. The van der Waals surface area contributed by atoms with Gasteiger partial charge in [0, 0.05) is 0 Å². The van der Waals surface area contributed by atoms with Gasteiger partial charge in [0.1, 0.15) is 0 Å². The van der Waals surface area contributed by atoms with Crippen LogP contribution in [0.1, 0.15) is 141 Å². The number of rotatable bonds is 16. The van der Waals surface area contributed by atoms with Gasteiger partial charge in [-0.1, -0.05) is 109 Å². The molecule has 0 aromatic heterocycles. The molecule has 0 rings (SSSR count). The smallest absolute Gasteiger partial charge is 0.0298 e. The van der Waals surface area contributed by atoms with E-state index >= 15 is 0 Å². The first-order valence-corrected chi connectivity index (χ1v) is 13.4. The molecular formula is C29H60. The van der Waals surface area contributed by atoms with Gasteiger partial charge >= 0.3 is 0 Å². The molecule has 0 saturated heterocycles. The average molecular weight is 409 g/mol. The van der Waals surface area contributed by atoms with Crippen molar-refractivity contribution in [2.45, 2.75) is 141 Å². The molecule has 0 nitrogen and oxygen atoms in total. The van der Waals surface area contributed by atoms with E-state index < -0.39 is 0 Å². The monoisotopic (exact) mass is 408 g/mol. The summed E-state index contributed by atoms with van der Waals surface area (Å²) in [7, 11) is 0. The lowest BCUT2D eigenvalue weighted by Crippen LogP contribution is -2.34. The molecule has 0 aromatic rings. The normalized spacial score (nSPS) is 20.9. The molecule has 6 unspecified atom stereocenters. The molecule has 0 N–H and O–H groups in total. The van der Waals surface area contributed by atoms with Crippen molar-refractivity contribution >= 4 is 0 Å². The van der Waals surface area contributed by atoms with Crippen molar-refractivity contribution in [2.75, 3.05) is 0 Å². The van der Waals surface area contributed by atoms with E-state index in [1.54, 1.807) is 0 Å². The quantitative estimate of drug-likeness (QED) is 0.238. The van der Waals surface area contributed by atoms with Crippen LogP contribution in [0.4, 0.5) is 0 Å². The maximum atomic E-state index is 2.65. The van der Waals surface area contributed by atoms with Crippen LogP contribution < -0.4 is 0 Å². The third-order valence-corrected chi connectivity index (χ3v) is 9.02. The van der Waals surface area contributed by atoms with Crippen LogP contribution in [0.2, 0.25) is 0 Å². The predicted octanol–water partition coefficient (Wildman–Crippen LogP) is 10.4. The molecule has 0 spiro atoms. The molecule has 0 radical (unpaired) electrons. The van der Waals surface area contributed by atoms with Crippen molar-refractivity contribution in [1.82, 2.24) is 0 Å². The molecule has 0 bridgehead atoms. The second-order valence-electron chi connectivity index (χ2n) is 12.3. The molecule has 29 heavy (non-hydrogen) atoms. The largest absolute Gasteiger partial charge is 0.0654 e. The summed E-state index contributed by atoms with van der Waals surface area (Å²) < 4.78 is 0. The molecular weight excluding hydrogens is 348 g/mol. The maximum absolute atomic E-state index is 2.65. The average Bonchev–Trinajstić information content (AvgIpc) is 2.63. The molecule has 0 amide bonds. The molecule has 0 saturated carbocycles. The van der Waals surface area contributed by atoms with Crippen molar-refractivity contribution in [3.05, 3.63) is 0 Å². The summed E-state index contributed by atoms with van der Waals surface area (Å²) in [6, 6.07) is 0. The summed E-state index contributed by atoms with van der Waals surface area (Å²) in [5, 5.41) is 0. The summed E-state index contributed by atoms with van der Waals surface area (Å²) in [5.74, 6) is 5.01. The SMILES string of the molecule is CCCC(C)(CC(C)(CCCC(C(C)C)C(C)CC)CC(C)C(C)CC)C(C)C. The Labute approximate surface area is 187 Å². The first-order chi connectivity index (χ1) is 13.4. The van der Waals surface area contributed by atoms with Crippen molar-refractivity contribution in [2.24, 2.45) is 46.3 Å². The van der Waals surface area contributed by atoms with Crippen LogP contribution in [0, 0.1) is 46.3 Å². The van der Waals surface area contributed by atoms with E-state index in [-0.39, 0.29) is 0 Å². The fourth-order valence-corrected chi connectivity index (χ4v) is 6.11. The summed E-state index contributed by atoms with van der Waals surface area (Å²) >= 11 is 0. The Kier molecular flexibility index (Phi) is 13.4. The van der Waals surface area contributed by atoms with Gasteiger partial charge in [0.05, 0.1) is 0 Å². The lowest BCUT2D eigenvalue weighted by molar-refractivity contribution is 0.0617. The van der Waals surface area contributed by atoms with Gasteiger partial charge in [-0.15, -0.1) is 0 Å². The van der Waals surface area contributed by atoms with E-state index in [9.17, 15) is 0 Å². The fraction of sp³-hybridized carbons (Fsp3) is 1.00. The second kappa shape index (κ2) is 13.4. The van der Waals surface area contributed by atoms with Crippen LogP contribution >= 0.6 is 0 Å². The van der Waals surface area contributed by atoms with Gasteiger partial charge in [0.2, 0.25) is 0 Å². The topological polar surface area (TPSA) is 0 Å². The Balaban J connectivity index is 5.41. The molecule has 0 aliphatic rings. The van der Waals surface area contributed by atoms with E-state index in [1.807, 2.05) is 0 Å². The first kappa shape index (κ1) is 29.0. The Morgan fingerprint density at radius 3 is 1.66 bits per heavy atom. The van der Waals surface area contributed by atoms with E-state index in [0.717, 1.165) is 35.5 Å². The number of hydrogen-bond acceptors (Lipinski definition) is 0. The van der Waals surface area contributed by atoms with Crippen LogP contribution in [0.5, 0.6) is 0 Å². The second-order valence-corrected chi connectivity index (χ2v) is 12.3. The Bertz CT molecular complexity index is 408. The van der Waals surface area contributed by atoms with E-state index in [0.29, 0.717) is 10.8 Å². The molecule has 0 fully saturated rings. The minimum atomic E-state index is 0.479. The highest BCUT2D eigenvalue weighted by atomic mass is 14.4. The summed E-state index contributed by atoms with van der Waals surface area (Å²) in [4.78, 5) is 0. The van der Waals surface area contributed by atoms with Gasteiger partial charge in [-0.05, 0) is 78.4 Å². The zero-order valence-electron chi connectivity index (χ0n) is 22.8. The highest BCUT2D eigenvalue weighted by molar-refractivity contribution is 4.89. The third-order valence-electron chi connectivity index (χ3n) is 9.02. The Morgan fingerprint density at radius 1 is 0.690 bits per heavy atom. The van der Waals surface area contributed by atoms with E-state index in [1.165, 1.54) is 57.8 Å². The van der Waals surface area contributed by atoms with Crippen LogP contribution in [0.3, 0.4) is 0 Å². The van der Waals surface area contributed by atoms with Crippen molar-refractivity contribution in [3.8, 4) is 0 Å². The molecule has 0 aliphatic carbocycles. The van der Waals surface area contributed by atoms with Gasteiger partial charge in [0.25, 0.3) is 0 Å². The van der Waals surface area contributed by atoms with E-state index in [4.69, 9.17) is 0 Å². The van der Waals surface area contributed by atoms with Crippen LogP contribution in [-0.4, -0.2) is 0 Å². The molecule has 0 aliphatic heterocycles. The predicted molar refractivity (Wildman–Crippen MR) is 135 cm³/mol. The molecule has 176 valence electrons. The Morgan fingerprint density at radius 2 is 1.24 bits per heavy atom. The summed E-state index contributed by atoms with van der Waals surface area (Å²) in [6.45, 7) is 29.6. The minimum Gasteiger partial charge on any atom is -0.0654 e. The number of hydrogen-bond donors (Lipinski definition) is 0. The highest BCUT2D eigenvalue weighted by Crippen LogP contribution is 2.49. The molecule has 0 aromatic carbocycles. The van der Waals surface area contributed by atoms with Gasteiger partial charge in [-0.2, -0.15) is 0 Å². The lowest BCUT2D eigenvalue weighted by atomic mass is 9.61. The van der Waals surface area contributed by atoms with Crippen LogP contribution in [0.15, 0.2) is 0 Å². The van der Waals surface area contributed by atoms with Crippen molar-refractivity contribution in [1.29, 1.82) is 0 Å². The molecule has 0 heterocycles. The van der Waals surface area contributed by atoms with Gasteiger partial charge in [-0.25, -0.2) is 0 Å². The first-order valence-electron chi connectivity index (χ1n) is 13.4. The minimum absolute atomic E-state index is 0.479.